The smallest absolute Gasteiger partial charge is 0.323 e. The van der Waals surface area contributed by atoms with Gasteiger partial charge in [-0.2, -0.15) is 0 Å². The molecule has 0 atom stereocenters. The molecule has 1 saturated heterocycles. The summed E-state index contributed by atoms with van der Waals surface area (Å²) in [6.45, 7) is -0.458. The van der Waals surface area contributed by atoms with Gasteiger partial charge in [0.2, 0.25) is 0 Å². The maximum Gasteiger partial charge on any atom is 0.323 e. The molecule has 8 heteroatoms. The topological polar surface area (TPSA) is 77.8 Å². The molecule has 1 aliphatic rings. The van der Waals surface area contributed by atoms with Gasteiger partial charge in [-0.05, 0) is 46.9 Å². The number of carbonyl (C=O) groups excluding carboxylic acids is 1. The Hall–Kier alpha value is -1.13. The second kappa shape index (κ2) is 6.10. The van der Waals surface area contributed by atoms with Gasteiger partial charge >= 0.3 is 5.97 Å². The largest absolute Gasteiger partial charge is 0.507 e. The van der Waals surface area contributed by atoms with Crippen LogP contribution in [-0.2, 0) is 9.59 Å². The zero-order chi connectivity index (χ0) is 14.9. The predicted molar refractivity (Wildman–Crippen MR) is 88.3 cm³/mol. The number of carbonyl (C=O) groups is 2. The summed E-state index contributed by atoms with van der Waals surface area (Å²) in [7, 11) is 0. The van der Waals surface area contributed by atoms with Crippen LogP contribution in [-0.4, -0.2) is 37.9 Å². The number of carboxylic acid groups (broad SMARTS) is 1. The minimum atomic E-state index is -1.13. The van der Waals surface area contributed by atoms with Crippen LogP contribution in [0.5, 0.6) is 5.75 Å². The van der Waals surface area contributed by atoms with Gasteiger partial charge in [-0.3, -0.25) is 14.5 Å². The van der Waals surface area contributed by atoms with Crippen LogP contribution in [0, 0.1) is 3.57 Å². The third kappa shape index (κ3) is 3.30. The van der Waals surface area contributed by atoms with Gasteiger partial charge in [0, 0.05) is 9.13 Å². The van der Waals surface area contributed by atoms with Crippen molar-refractivity contribution >= 4 is 68.8 Å². The van der Waals surface area contributed by atoms with Gasteiger partial charge in [-0.15, -0.1) is 0 Å². The van der Waals surface area contributed by atoms with Gasteiger partial charge < -0.3 is 10.2 Å². The quantitative estimate of drug-likeness (QED) is 0.443. The van der Waals surface area contributed by atoms with Crippen LogP contribution in [0.25, 0.3) is 6.08 Å². The van der Waals surface area contributed by atoms with E-state index < -0.39 is 18.4 Å². The molecule has 0 radical (unpaired) electrons. The number of amides is 1. The molecule has 0 bridgehead atoms. The number of thiocarbonyl (C=S) groups is 1. The lowest BCUT2D eigenvalue weighted by Crippen LogP contribution is -2.33. The second-order valence-corrected chi connectivity index (χ2v) is 6.79. The van der Waals surface area contributed by atoms with Crippen molar-refractivity contribution in [3.63, 3.8) is 0 Å². The molecule has 0 aromatic heterocycles. The summed E-state index contributed by atoms with van der Waals surface area (Å²) in [4.78, 5) is 24.1. The maximum atomic E-state index is 12.1. The molecule has 1 amide bonds. The first-order valence-electron chi connectivity index (χ1n) is 5.34. The Morgan fingerprint density at radius 1 is 1.50 bits per heavy atom. The van der Waals surface area contributed by atoms with Crippen LogP contribution >= 0.6 is 46.6 Å². The van der Waals surface area contributed by atoms with E-state index in [0.717, 1.165) is 20.2 Å². The highest BCUT2D eigenvalue weighted by Crippen LogP contribution is 2.34. The fraction of sp³-hybridized carbons (Fsp3) is 0.0833. The van der Waals surface area contributed by atoms with E-state index in [0.29, 0.717) is 10.5 Å². The summed E-state index contributed by atoms with van der Waals surface area (Å²) >= 11 is 8.11. The van der Waals surface area contributed by atoms with Crippen LogP contribution in [0.4, 0.5) is 0 Å². The molecular formula is C12H8INO4S2. The number of aliphatic carboxylic acids is 1. The van der Waals surface area contributed by atoms with Crippen LogP contribution < -0.4 is 0 Å². The Labute approximate surface area is 137 Å². The third-order valence-corrected chi connectivity index (χ3v) is 4.49. The van der Waals surface area contributed by atoms with Crippen molar-refractivity contribution in [1.82, 2.24) is 4.90 Å². The molecule has 5 nitrogen and oxygen atoms in total. The highest BCUT2D eigenvalue weighted by molar-refractivity contribution is 14.1. The van der Waals surface area contributed by atoms with Gasteiger partial charge in [0.25, 0.3) is 5.91 Å². The number of hydrogen-bond donors (Lipinski definition) is 2. The molecule has 2 N–H and O–H groups in total. The molecule has 1 aromatic carbocycles. The average molecular weight is 421 g/mol. The number of carboxylic acids is 1. The third-order valence-electron chi connectivity index (χ3n) is 2.44. The zero-order valence-corrected chi connectivity index (χ0v) is 13.7. The minimum absolute atomic E-state index is 0.0499. The minimum Gasteiger partial charge on any atom is -0.507 e. The van der Waals surface area contributed by atoms with Gasteiger partial charge in [-0.25, -0.2) is 0 Å². The number of benzene rings is 1. The normalized spacial score (nSPS) is 17.1. The van der Waals surface area contributed by atoms with Crippen molar-refractivity contribution in [3.05, 3.63) is 32.2 Å². The first-order valence-corrected chi connectivity index (χ1v) is 7.64. The van der Waals surface area contributed by atoms with E-state index in [9.17, 15) is 14.7 Å². The Bertz CT molecular complexity index is 644. The van der Waals surface area contributed by atoms with Crippen LogP contribution in [0.1, 0.15) is 5.56 Å². The summed E-state index contributed by atoms with van der Waals surface area (Å²) in [5, 5.41) is 18.5. The number of hydrogen-bond acceptors (Lipinski definition) is 5. The number of aromatic hydroxyl groups is 1. The van der Waals surface area contributed by atoms with Crippen molar-refractivity contribution in [1.29, 1.82) is 0 Å². The Kier molecular flexibility index (Phi) is 4.66. The lowest BCUT2D eigenvalue weighted by Gasteiger charge is -2.10. The van der Waals surface area contributed by atoms with Crippen LogP contribution in [0.3, 0.4) is 0 Å². The van der Waals surface area contributed by atoms with E-state index >= 15 is 0 Å². The molecule has 0 saturated carbocycles. The second-order valence-electron chi connectivity index (χ2n) is 3.86. The van der Waals surface area contributed by atoms with E-state index in [2.05, 4.69) is 22.6 Å². The number of phenols is 1. The molecule has 0 aliphatic carbocycles. The summed E-state index contributed by atoms with van der Waals surface area (Å²) < 4.78 is 1.11. The van der Waals surface area contributed by atoms with E-state index in [1.54, 1.807) is 12.1 Å². The summed E-state index contributed by atoms with van der Waals surface area (Å²) in [5.41, 5.74) is 0.493. The van der Waals surface area contributed by atoms with E-state index in [1.165, 1.54) is 12.1 Å². The van der Waals surface area contributed by atoms with Crippen molar-refractivity contribution in [2.24, 2.45) is 0 Å². The Morgan fingerprint density at radius 3 is 2.85 bits per heavy atom. The van der Waals surface area contributed by atoms with E-state index in [4.69, 9.17) is 17.3 Å². The van der Waals surface area contributed by atoms with Crippen LogP contribution in [0.15, 0.2) is 23.1 Å². The van der Waals surface area contributed by atoms with Crippen molar-refractivity contribution in [2.75, 3.05) is 6.54 Å². The number of phenolic OH excluding ortho intramolecular Hbond substituents is 1. The van der Waals surface area contributed by atoms with E-state index in [1.807, 2.05) is 0 Å². The van der Waals surface area contributed by atoms with Crippen LogP contribution in [0.2, 0.25) is 0 Å². The zero-order valence-electron chi connectivity index (χ0n) is 9.87. The average Bonchev–Trinajstić information content (AvgIpc) is 2.61. The lowest BCUT2D eigenvalue weighted by atomic mass is 10.2. The molecule has 1 aromatic rings. The summed E-state index contributed by atoms with van der Waals surface area (Å²) in [5.74, 6) is -1.53. The molecule has 20 heavy (non-hydrogen) atoms. The maximum absolute atomic E-state index is 12.1. The number of halogens is 1. The lowest BCUT2D eigenvalue weighted by molar-refractivity contribution is -0.140. The molecule has 2 rings (SSSR count). The predicted octanol–water partition coefficient (Wildman–Crippen LogP) is 2.28. The molecule has 0 unspecified atom stereocenters. The summed E-state index contributed by atoms with van der Waals surface area (Å²) in [6, 6.07) is 4.99. The van der Waals surface area contributed by atoms with Gasteiger partial charge in [-0.1, -0.05) is 24.0 Å². The van der Waals surface area contributed by atoms with Crippen molar-refractivity contribution in [2.45, 2.75) is 0 Å². The highest BCUT2D eigenvalue weighted by atomic mass is 127. The Morgan fingerprint density at radius 2 is 2.20 bits per heavy atom. The molecule has 1 fully saturated rings. The SMILES string of the molecule is O=C(O)CN1C(=O)/C(=C\c2cc(I)ccc2O)SC1=S. The van der Waals surface area contributed by atoms with Gasteiger partial charge in [0.05, 0.1) is 4.91 Å². The monoisotopic (exact) mass is 421 g/mol. The highest BCUT2D eigenvalue weighted by Gasteiger charge is 2.33. The Balaban J connectivity index is 2.32. The molecular weight excluding hydrogens is 413 g/mol. The first-order chi connectivity index (χ1) is 9.38. The van der Waals surface area contributed by atoms with Crippen molar-refractivity contribution in [3.8, 4) is 5.75 Å². The number of nitrogens with zero attached hydrogens (tertiary/aromatic N) is 1. The molecule has 1 heterocycles. The summed E-state index contributed by atoms with van der Waals surface area (Å²) in [6.07, 6.45) is 1.51. The number of thioether (sulfide) groups is 1. The fourth-order valence-electron chi connectivity index (χ4n) is 1.55. The van der Waals surface area contributed by atoms with E-state index in [-0.39, 0.29) is 10.1 Å². The molecule has 0 spiro atoms. The first kappa shape index (κ1) is 15.3. The van der Waals surface area contributed by atoms with Crippen molar-refractivity contribution < 1.29 is 19.8 Å². The fourth-order valence-corrected chi connectivity index (χ4v) is 3.32. The van der Waals surface area contributed by atoms with Gasteiger partial charge in [0.15, 0.2) is 0 Å². The molecule has 1 aliphatic heterocycles. The van der Waals surface area contributed by atoms with Gasteiger partial charge in [0.1, 0.15) is 16.6 Å². The number of rotatable bonds is 3. The molecule has 104 valence electrons. The standard InChI is InChI=1S/C12H8INO4S2/c13-7-1-2-8(15)6(3-7)4-9-11(18)14(5-10(16)17)12(19)20-9/h1-4,15H,5H2,(H,16,17)/b9-4+.